The van der Waals surface area contributed by atoms with Crippen LogP contribution in [0.3, 0.4) is 0 Å². The van der Waals surface area contributed by atoms with E-state index in [0.29, 0.717) is 10.6 Å². The van der Waals surface area contributed by atoms with Gasteiger partial charge in [0.15, 0.2) is 0 Å². The predicted molar refractivity (Wildman–Crippen MR) is 88.9 cm³/mol. The highest BCUT2D eigenvalue weighted by Crippen LogP contribution is 2.49. The fourth-order valence-electron chi connectivity index (χ4n) is 3.47. The van der Waals surface area contributed by atoms with Crippen LogP contribution in [-0.4, -0.2) is 18.1 Å². The maximum Gasteiger partial charge on any atom is 0.573 e. The number of anilines is 1. The van der Waals surface area contributed by atoms with Gasteiger partial charge in [0, 0.05) is 28.1 Å². The van der Waals surface area contributed by atoms with Gasteiger partial charge >= 0.3 is 6.36 Å². The number of hydrogen-bond acceptors (Lipinski definition) is 4. The van der Waals surface area contributed by atoms with Gasteiger partial charge in [0.25, 0.3) is 0 Å². The molecule has 0 amide bonds. The Balaban J connectivity index is 1.62. The molecule has 0 atom stereocenters. The average Bonchev–Trinajstić information content (AvgIpc) is 2.93. The standard InChI is InChI=1S/C16H14ClF3N2OS/c17-9-5-10-13(6-12(9)23-16(18,19)20)24-14-8-21-15(3-1-2-4-15)7-11(14)22-10/h5-6,8,22H,1-4,7H2. The minimum absolute atomic E-state index is 0.00692. The molecular formula is C16H14ClF3N2OS. The van der Waals surface area contributed by atoms with E-state index >= 15 is 0 Å². The summed E-state index contributed by atoms with van der Waals surface area (Å²) in [6.45, 7) is 0. The minimum Gasteiger partial charge on any atom is -0.404 e. The molecule has 1 fully saturated rings. The van der Waals surface area contributed by atoms with Crippen molar-refractivity contribution in [3.05, 3.63) is 27.8 Å². The quantitative estimate of drug-likeness (QED) is 0.679. The summed E-state index contributed by atoms with van der Waals surface area (Å²) in [5.41, 5.74) is 1.78. The van der Waals surface area contributed by atoms with Crippen LogP contribution in [0.5, 0.6) is 5.75 Å². The molecule has 1 spiro atoms. The van der Waals surface area contributed by atoms with E-state index in [9.17, 15) is 13.2 Å². The number of rotatable bonds is 1. The van der Waals surface area contributed by atoms with Crippen LogP contribution in [0, 0.1) is 0 Å². The first-order valence-corrected chi connectivity index (χ1v) is 8.86. The Hall–Kier alpha value is -1.34. The molecule has 0 aromatic heterocycles. The van der Waals surface area contributed by atoms with Crippen molar-refractivity contribution in [3.63, 3.8) is 0 Å². The summed E-state index contributed by atoms with van der Waals surface area (Å²) in [5, 5.41) is 3.26. The van der Waals surface area contributed by atoms with Crippen LogP contribution in [0.25, 0.3) is 0 Å². The van der Waals surface area contributed by atoms with Crippen molar-refractivity contribution in [2.45, 2.75) is 48.9 Å². The van der Waals surface area contributed by atoms with Crippen molar-refractivity contribution in [2.24, 2.45) is 4.99 Å². The maximum atomic E-state index is 12.5. The Kier molecular flexibility index (Phi) is 3.76. The number of dihydropyridines is 1. The van der Waals surface area contributed by atoms with Crippen molar-refractivity contribution in [1.82, 2.24) is 0 Å². The second-order valence-electron chi connectivity index (χ2n) is 6.26. The Morgan fingerprint density at radius 2 is 2.00 bits per heavy atom. The summed E-state index contributed by atoms with van der Waals surface area (Å²) in [6.07, 6.45) is 2.46. The lowest BCUT2D eigenvalue weighted by Gasteiger charge is -2.33. The summed E-state index contributed by atoms with van der Waals surface area (Å²) in [5.74, 6) is -0.388. The number of aliphatic imine (C=N–C) groups is 1. The minimum atomic E-state index is -4.77. The zero-order valence-electron chi connectivity index (χ0n) is 12.5. The van der Waals surface area contributed by atoms with E-state index in [0.717, 1.165) is 29.9 Å². The molecular weight excluding hydrogens is 361 g/mol. The van der Waals surface area contributed by atoms with Gasteiger partial charge in [0.05, 0.1) is 16.2 Å². The number of allylic oxidation sites excluding steroid dienone is 1. The van der Waals surface area contributed by atoms with Gasteiger partial charge < -0.3 is 10.1 Å². The van der Waals surface area contributed by atoms with Gasteiger partial charge in [-0.3, -0.25) is 4.99 Å². The normalized spacial score (nSPS) is 21.5. The Morgan fingerprint density at radius 3 is 2.71 bits per heavy atom. The molecule has 3 nitrogen and oxygen atoms in total. The van der Waals surface area contributed by atoms with Crippen LogP contribution in [0.2, 0.25) is 5.02 Å². The molecule has 2 heterocycles. The third kappa shape index (κ3) is 2.99. The molecule has 1 aromatic carbocycles. The Bertz CT molecular complexity index is 754. The molecule has 24 heavy (non-hydrogen) atoms. The molecule has 0 saturated heterocycles. The number of halogens is 4. The zero-order valence-corrected chi connectivity index (χ0v) is 14.1. The van der Waals surface area contributed by atoms with Gasteiger partial charge in [-0.25, -0.2) is 0 Å². The molecule has 4 rings (SSSR count). The van der Waals surface area contributed by atoms with Crippen molar-refractivity contribution in [2.75, 3.05) is 5.32 Å². The number of nitrogens with one attached hydrogen (secondary N) is 1. The fourth-order valence-corrected chi connectivity index (χ4v) is 4.65. The molecule has 1 N–H and O–H groups in total. The predicted octanol–water partition coefficient (Wildman–Crippen LogP) is 5.76. The highest BCUT2D eigenvalue weighted by molar-refractivity contribution is 8.04. The first-order chi connectivity index (χ1) is 11.3. The molecule has 8 heteroatoms. The van der Waals surface area contributed by atoms with E-state index in [1.807, 2.05) is 6.21 Å². The van der Waals surface area contributed by atoms with Crippen LogP contribution in [0.15, 0.2) is 32.6 Å². The molecule has 2 aliphatic heterocycles. The van der Waals surface area contributed by atoms with Crippen LogP contribution < -0.4 is 10.1 Å². The first kappa shape index (κ1) is 16.1. The second kappa shape index (κ2) is 5.59. The topological polar surface area (TPSA) is 33.6 Å². The third-order valence-electron chi connectivity index (χ3n) is 4.56. The van der Waals surface area contributed by atoms with E-state index in [-0.39, 0.29) is 16.3 Å². The van der Waals surface area contributed by atoms with Gasteiger partial charge in [-0.1, -0.05) is 36.2 Å². The Labute approximate surface area is 146 Å². The smallest absolute Gasteiger partial charge is 0.404 e. The van der Waals surface area contributed by atoms with E-state index in [1.165, 1.54) is 36.7 Å². The zero-order chi connectivity index (χ0) is 16.9. The van der Waals surface area contributed by atoms with E-state index in [1.54, 1.807) is 0 Å². The number of hydrogen-bond donors (Lipinski definition) is 1. The highest BCUT2D eigenvalue weighted by atomic mass is 35.5. The van der Waals surface area contributed by atoms with E-state index in [4.69, 9.17) is 16.6 Å². The highest BCUT2D eigenvalue weighted by Gasteiger charge is 2.38. The van der Waals surface area contributed by atoms with Gasteiger partial charge in [0.2, 0.25) is 0 Å². The maximum absolute atomic E-state index is 12.5. The van der Waals surface area contributed by atoms with Gasteiger partial charge in [0.1, 0.15) is 5.75 Å². The molecule has 3 aliphatic rings. The van der Waals surface area contributed by atoms with Crippen molar-refractivity contribution in [3.8, 4) is 5.75 Å². The lowest BCUT2D eigenvalue weighted by molar-refractivity contribution is -0.274. The summed E-state index contributed by atoms with van der Waals surface area (Å²) in [4.78, 5) is 6.33. The number of nitrogens with zero attached hydrogens (tertiary/aromatic N) is 1. The summed E-state index contributed by atoms with van der Waals surface area (Å²) >= 11 is 7.34. The summed E-state index contributed by atoms with van der Waals surface area (Å²) in [6, 6.07) is 2.81. The van der Waals surface area contributed by atoms with Gasteiger partial charge in [-0.05, 0) is 25.0 Å². The molecule has 0 radical (unpaired) electrons. The first-order valence-electron chi connectivity index (χ1n) is 7.66. The molecule has 1 aromatic rings. The lowest BCUT2D eigenvalue weighted by Crippen LogP contribution is -2.29. The molecule has 0 bridgehead atoms. The third-order valence-corrected chi connectivity index (χ3v) is 5.98. The second-order valence-corrected chi connectivity index (χ2v) is 7.75. The van der Waals surface area contributed by atoms with Crippen LogP contribution in [0.1, 0.15) is 32.1 Å². The number of alkyl halides is 3. The SMILES string of the molecule is FC(F)(F)Oc1cc2c(cc1Cl)NC1=C(C=NC3(CCCC3)C1)S2. The van der Waals surface area contributed by atoms with E-state index < -0.39 is 6.36 Å². The largest absolute Gasteiger partial charge is 0.573 e. The summed E-state index contributed by atoms with van der Waals surface area (Å²) < 4.78 is 41.4. The number of ether oxygens (including phenoxy) is 1. The summed E-state index contributed by atoms with van der Waals surface area (Å²) in [7, 11) is 0. The van der Waals surface area contributed by atoms with Gasteiger partial charge in [-0.2, -0.15) is 0 Å². The lowest BCUT2D eigenvalue weighted by atomic mass is 9.90. The van der Waals surface area contributed by atoms with Crippen molar-refractivity contribution >= 4 is 35.3 Å². The molecule has 0 unspecified atom stereocenters. The van der Waals surface area contributed by atoms with Crippen molar-refractivity contribution < 1.29 is 17.9 Å². The molecule has 1 aliphatic carbocycles. The van der Waals surface area contributed by atoms with Crippen LogP contribution in [-0.2, 0) is 0 Å². The monoisotopic (exact) mass is 374 g/mol. The van der Waals surface area contributed by atoms with Gasteiger partial charge in [-0.15, -0.1) is 13.2 Å². The average molecular weight is 375 g/mol. The van der Waals surface area contributed by atoms with Crippen molar-refractivity contribution in [1.29, 1.82) is 0 Å². The fraction of sp³-hybridized carbons (Fsp3) is 0.438. The molecule has 128 valence electrons. The van der Waals surface area contributed by atoms with Crippen LogP contribution >= 0.6 is 23.4 Å². The number of thioether (sulfide) groups is 1. The number of benzene rings is 1. The van der Waals surface area contributed by atoms with Crippen LogP contribution in [0.4, 0.5) is 18.9 Å². The molecule has 1 saturated carbocycles. The number of fused-ring (bicyclic) bond motifs is 1. The Morgan fingerprint density at radius 1 is 1.25 bits per heavy atom. The van der Waals surface area contributed by atoms with E-state index in [2.05, 4.69) is 10.1 Å².